The van der Waals surface area contributed by atoms with Gasteiger partial charge in [-0.2, -0.15) is 0 Å². The normalized spacial score (nSPS) is 37.2. The van der Waals surface area contributed by atoms with Gasteiger partial charge in [-0.25, -0.2) is 0 Å². The Hall–Kier alpha value is -3.36. The fraction of sp³-hybridized carbons (Fsp3) is 0.600. The molecule has 6 unspecified atom stereocenters. The number of fused-ring (bicyclic) bond motifs is 4. The summed E-state index contributed by atoms with van der Waals surface area (Å²) in [6, 6.07) is 0. The lowest BCUT2D eigenvalue weighted by molar-refractivity contribution is -0.127. The van der Waals surface area contributed by atoms with E-state index < -0.39 is 57.0 Å². The molecule has 8 heteroatoms. The van der Waals surface area contributed by atoms with Crippen LogP contribution in [-0.4, -0.2) is 55.8 Å². The van der Waals surface area contributed by atoms with E-state index in [9.17, 15) is 39.6 Å². The first-order chi connectivity index (χ1) is 22.2. The number of hydrogen-bond acceptors (Lipinski definition) is 8. The molecule has 0 aromatic rings. The number of ketones is 4. The van der Waals surface area contributed by atoms with E-state index in [1.807, 2.05) is 55.4 Å². The summed E-state index contributed by atoms with van der Waals surface area (Å²) in [5.41, 5.74) is 1.64. The number of hydrogen-bond donors (Lipinski definition) is 4. The number of aliphatic hydroxyl groups is 4. The maximum atomic E-state index is 13.8. The Kier molecular flexibility index (Phi) is 7.96. The molecule has 0 aliphatic heterocycles. The minimum absolute atomic E-state index is 0.0686. The third-order valence-corrected chi connectivity index (χ3v) is 13.0. The summed E-state index contributed by atoms with van der Waals surface area (Å²) < 4.78 is 0. The number of aliphatic hydroxyl groups excluding tert-OH is 4. The molecule has 0 saturated carbocycles. The zero-order valence-corrected chi connectivity index (χ0v) is 29.5. The predicted octanol–water partition coefficient (Wildman–Crippen LogP) is 6.59. The summed E-state index contributed by atoms with van der Waals surface area (Å²) in [5.74, 6) is -2.35. The average Bonchev–Trinajstić information content (AvgIpc) is 3.17. The number of allylic oxidation sites excluding steroid dienone is 8. The van der Waals surface area contributed by atoms with Gasteiger partial charge in [0.1, 0.15) is 12.2 Å². The van der Waals surface area contributed by atoms with Gasteiger partial charge in [0.05, 0.1) is 0 Å². The van der Waals surface area contributed by atoms with Crippen molar-refractivity contribution in [1.29, 1.82) is 0 Å². The molecule has 258 valence electrons. The Bertz CT molecular complexity index is 1630. The first-order valence-electron chi connectivity index (χ1n) is 17.5. The summed E-state index contributed by atoms with van der Waals surface area (Å²) in [6.45, 7) is 15.8. The smallest absolute Gasteiger partial charge is 0.224 e. The monoisotopic (exact) mass is 658 g/mol. The lowest BCUT2D eigenvalue weighted by atomic mass is 9.64. The molecule has 0 saturated heterocycles. The van der Waals surface area contributed by atoms with Crippen molar-refractivity contribution in [3.8, 4) is 0 Å². The van der Waals surface area contributed by atoms with Crippen LogP contribution in [0.15, 0.2) is 68.3 Å². The quantitative estimate of drug-likeness (QED) is 0.258. The van der Waals surface area contributed by atoms with Crippen molar-refractivity contribution in [2.75, 3.05) is 0 Å². The fourth-order valence-corrected chi connectivity index (χ4v) is 10.4. The van der Waals surface area contributed by atoms with Gasteiger partial charge >= 0.3 is 0 Å². The van der Waals surface area contributed by atoms with Crippen LogP contribution in [-0.2, 0) is 19.2 Å². The van der Waals surface area contributed by atoms with Crippen LogP contribution in [0, 0.1) is 33.5 Å². The van der Waals surface area contributed by atoms with Crippen LogP contribution in [0.5, 0.6) is 0 Å². The highest BCUT2D eigenvalue weighted by molar-refractivity contribution is 6.13. The molecule has 8 nitrogen and oxygen atoms in total. The van der Waals surface area contributed by atoms with E-state index in [-0.39, 0.29) is 49.0 Å². The summed E-state index contributed by atoms with van der Waals surface area (Å²) in [7, 11) is 0. The van der Waals surface area contributed by atoms with Gasteiger partial charge in [-0.1, -0.05) is 55.4 Å². The van der Waals surface area contributed by atoms with Crippen LogP contribution in [0.1, 0.15) is 107 Å². The van der Waals surface area contributed by atoms with E-state index in [2.05, 4.69) is 0 Å². The molecule has 6 aliphatic carbocycles. The first-order valence-corrected chi connectivity index (χ1v) is 17.5. The molecule has 0 spiro atoms. The number of rotatable bonds is 5. The van der Waals surface area contributed by atoms with Gasteiger partial charge in [0, 0.05) is 33.1 Å². The molecule has 0 heterocycles. The van der Waals surface area contributed by atoms with Crippen molar-refractivity contribution in [1.82, 2.24) is 0 Å². The van der Waals surface area contributed by atoms with E-state index in [0.717, 1.165) is 0 Å². The van der Waals surface area contributed by atoms with Crippen molar-refractivity contribution in [3.63, 3.8) is 0 Å². The highest BCUT2D eigenvalue weighted by Gasteiger charge is 2.55. The second-order valence-electron chi connectivity index (χ2n) is 16.8. The molecule has 0 fully saturated rings. The summed E-state index contributed by atoms with van der Waals surface area (Å²) >= 11 is 0. The van der Waals surface area contributed by atoms with Crippen LogP contribution in [0.3, 0.4) is 0 Å². The van der Waals surface area contributed by atoms with Gasteiger partial charge in [0.2, 0.25) is 11.6 Å². The molecular weight excluding hydrogens is 608 g/mol. The molecule has 6 atom stereocenters. The Balaban J connectivity index is 1.49. The van der Waals surface area contributed by atoms with Gasteiger partial charge in [-0.15, -0.1) is 0 Å². The number of Topliss-reactive ketones (excluding diaryl/α,β-unsaturated/α-hetero) is 4. The van der Waals surface area contributed by atoms with Crippen LogP contribution in [0.25, 0.3) is 0 Å². The van der Waals surface area contributed by atoms with E-state index in [1.54, 1.807) is 12.2 Å². The van der Waals surface area contributed by atoms with Crippen molar-refractivity contribution in [3.05, 3.63) is 68.3 Å². The summed E-state index contributed by atoms with van der Waals surface area (Å²) in [5, 5.41) is 44.0. The Morgan fingerprint density at radius 1 is 0.625 bits per heavy atom. The second kappa shape index (κ2) is 11.1. The highest BCUT2D eigenvalue weighted by atomic mass is 16.3. The second-order valence-corrected chi connectivity index (χ2v) is 16.8. The molecule has 6 rings (SSSR count). The highest BCUT2D eigenvalue weighted by Crippen LogP contribution is 2.60. The first kappa shape index (κ1) is 34.5. The Labute approximate surface area is 283 Å². The molecule has 48 heavy (non-hydrogen) atoms. The largest absolute Gasteiger partial charge is 0.504 e. The average molecular weight is 659 g/mol. The van der Waals surface area contributed by atoms with Gasteiger partial charge in [0.25, 0.3) is 0 Å². The van der Waals surface area contributed by atoms with Crippen molar-refractivity contribution in [2.24, 2.45) is 33.5 Å². The van der Waals surface area contributed by atoms with E-state index in [1.165, 1.54) is 0 Å². The molecule has 0 aromatic carbocycles. The lowest BCUT2D eigenvalue weighted by Gasteiger charge is -2.40. The number of carbonyl (C=O) groups excluding carboxylic acids is 4. The SMILES string of the molecule is CC(C)C1=C(O)C(=O)C2=CC3=C(CCC4=C5C=C6C(=O)C(O)=C(C(C)C)C6(C)CCC5(C)CC(O)C4=O)C(=O)C(O)CC3(C)CCC21C. The van der Waals surface area contributed by atoms with Crippen molar-refractivity contribution >= 4 is 23.1 Å². The predicted molar refractivity (Wildman–Crippen MR) is 181 cm³/mol. The molecule has 0 bridgehead atoms. The van der Waals surface area contributed by atoms with Crippen molar-refractivity contribution < 1.29 is 39.6 Å². The minimum atomic E-state index is -1.24. The summed E-state index contributed by atoms with van der Waals surface area (Å²) in [4.78, 5) is 54.6. The Morgan fingerprint density at radius 2 is 0.958 bits per heavy atom. The molecular formula is C40H50O8. The minimum Gasteiger partial charge on any atom is -0.504 e. The molecule has 6 aliphatic rings. The standard InChI is InChI=1S/C40H50O8/c1-19(2)29-35(47)33(45)25-15-23-21(31(43)27(41)17-37(23,5)11-13-39(25,29)7)9-10-22-24-16-26-34(46)36(48)30(20(3)4)40(26,8)14-12-38(24,6)18-28(42)32(22)44/h15-16,19-20,27-28,41-42,47-48H,9-14,17-18H2,1-8H3. The van der Waals surface area contributed by atoms with E-state index in [4.69, 9.17) is 0 Å². The van der Waals surface area contributed by atoms with Crippen LogP contribution in [0.4, 0.5) is 0 Å². The van der Waals surface area contributed by atoms with E-state index >= 15 is 0 Å². The fourth-order valence-electron chi connectivity index (χ4n) is 10.4. The topological polar surface area (TPSA) is 149 Å². The molecule has 0 aromatic heterocycles. The van der Waals surface area contributed by atoms with Crippen LogP contribution >= 0.6 is 0 Å². The van der Waals surface area contributed by atoms with Gasteiger partial charge < -0.3 is 20.4 Å². The third kappa shape index (κ3) is 4.68. The molecule has 0 radical (unpaired) electrons. The van der Waals surface area contributed by atoms with Crippen molar-refractivity contribution in [2.45, 2.75) is 119 Å². The molecule has 4 N–H and O–H groups in total. The van der Waals surface area contributed by atoms with Crippen LogP contribution < -0.4 is 0 Å². The maximum Gasteiger partial charge on any atom is 0.224 e. The third-order valence-electron chi connectivity index (χ3n) is 13.0. The number of carbonyl (C=O) groups is 4. The Morgan fingerprint density at radius 3 is 1.27 bits per heavy atom. The van der Waals surface area contributed by atoms with Gasteiger partial charge in [0.15, 0.2) is 23.1 Å². The zero-order chi connectivity index (χ0) is 35.5. The van der Waals surface area contributed by atoms with Crippen LogP contribution in [0.2, 0.25) is 0 Å². The summed E-state index contributed by atoms with van der Waals surface area (Å²) in [6.07, 6.45) is 3.95. The van der Waals surface area contributed by atoms with Gasteiger partial charge in [-0.3, -0.25) is 19.2 Å². The lowest BCUT2D eigenvalue weighted by Crippen LogP contribution is -2.39. The van der Waals surface area contributed by atoms with Gasteiger partial charge in [-0.05, 0) is 108 Å². The zero-order valence-electron chi connectivity index (χ0n) is 29.5. The molecule has 0 amide bonds. The maximum absolute atomic E-state index is 13.8. The van der Waals surface area contributed by atoms with E-state index in [0.29, 0.717) is 70.3 Å².